The normalized spacial score (nSPS) is 25.8. The summed E-state index contributed by atoms with van der Waals surface area (Å²) in [6.45, 7) is 1.38. The van der Waals surface area contributed by atoms with Gasteiger partial charge in [0.2, 0.25) is 11.8 Å². The molecule has 4 rings (SSSR count). The average Bonchev–Trinajstić information content (AvgIpc) is 3.28. The molecule has 25 heavy (non-hydrogen) atoms. The van der Waals surface area contributed by atoms with Gasteiger partial charge in [0.1, 0.15) is 12.1 Å². The number of nitrogens with zero attached hydrogens (tertiary/aromatic N) is 1. The molecule has 2 aliphatic rings. The lowest BCUT2D eigenvalue weighted by atomic mass is 10.0. The molecule has 3 atom stereocenters. The maximum Gasteiger partial charge on any atom is 0.246 e. The highest BCUT2D eigenvalue weighted by atomic mass is 32.1. The summed E-state index contributed by atoms with van der Waals surface area (Å²) in [5, 5.41) is 10.6. The molecular formula is C19H21N3O2S. The Bertz CT molecular complexity index is 747. The molecule has 2 aliphatic heterocycles. The van der Waals surface area contributed by atoms with Gasteiger partial charge in [-0.05, 0) is 34.4 Å². The van der Waals surface area contributed by atoms with Crippen molar-refractivity contribution in [3.63, 3.8) is 0 Å². The number of benzene rings is 1. The summed E-state index contributed by atoms with van der Waals surface area (Å²) >= 11 is 1.68. The first-order chi connectivity index (χ1) is 12.2. The molecule has 1 aromatic carbocycles. The van der Waals surface area contributed by atoms with E-state index in [9.17, 15) is 9.59 Å². The lowest BCUT2D eigenvalue weighted by Gasteiger charge is -2.34. The van der Waals surface area contributed by atoms with Crippen LogP contribution in [0.15, 0.2) is 47.2 Å². The Morgan fingerprint density at radius 1 is 1.16 bits per heavy atom. The van der Waals surface area contributed by atoms with Crippen LogP contribution in [0.25, 0.3) is 0 Å². The predicted molar refractivity (Wildman–Crippen MR) is 97.1 cm³/mol. The topological polar surface area (TPSA) is 61.4 Å². The van der Waals surface area contributed by atoms with Crippen LogP contribution in [-0.4, -0.2) is 41.4 Å². The minimum atomic E-state index is -0.457. The molecule has 0 bridgehead atoms. The summed E-state index contributed by atoms with van der Waals surface area (Å²) < 4.78 is 0. The third-order valence-corrected chi connectivity index (χ3v) is 5.69. The van der Waals surface area contributed by atoms with Crippen molar-refractivity contribution in [3.05, 3.63) is 58.3 Å². The Morgan fingerprint density at radius 3 is 2.76 bits per heavy atom. The smallest absolute Gasteiger partial charge is 0.246 e. The molecule has 2 saturated heterocycles. The standard InChI is InChI=1S/C19H21N3O2S/c23-18-17-9-15(20-10-14-6-7-25-12-14)11-22(17)19(24)16(21-18)8-13-4-2-1-3-5-13/h1-7,12,15-17,20H,8-11H2,(H,21,23)/t15-,16+,17-/m0/s1. The zero-order valence-corrected chi connectivity index (χ0v) is 14.7. The van der Waals surface area contributed by atoms with Gasteiger partial charge < -0.3 is 15.5 Å². The summed E-state index contributed by atoms with van der Waals surface area (Å²) in [6.07, 6.45) is 1.22. The van der Waals surface area contributed by atoms with Crippen LogP contribution in [0, 0.1) is 0 Å². The molecule has 0 radical (unpaired) electrons. The Balaban J connectivity index is 1.40. The van der Waals surface area contributed by atoms with Gasteiger partial charge in [-0.1, -0.05) is 30.3 Å². The monoisotopic (exact) mass is 355 g/mol. The number of nitrogens with one attached hydrogen (secondary N) is 2. The van der Waals surface area contributed by atoms with Crippen LogP contribution in [0.5, 0.6) is 0 Å². The number of hydrogen-bond acceptors (Lipinski definition) is 4. The van der Waals surface area contributed by atoms with Crippen molar-refractivity contribution in [2.24, 2.45) is 0 Å². The molecule has 5 nitrogen and oxygen atoms in total. The molecule has 0 spiro atoms. The molecule has 2 fully saturated rings. The Labute approximate surface area is 151 Å². The molecule has 6 heteroatoms. The molecule has 0 unspecified atom stereocenters. The highest BCUT2D eigenvalue weighted by Gasteiger charge is 2.46. The minimum Gasteiger partial charge on any atom is -0.342 e. The van der Waals surface area contributed by atoms with E-state index in [4.69, 9.17) is 0 Å². The second-order valence-electron chi connectivity index (χ2n) is 6.70. The molecule has 2 amide bonds. The molecule has 130 valence electrons. The summed E-state index contributed by atoms with van der Waals surface area (Å²) in [5.74, 6) is 0.00801. The van der Waals surface area contributed by atoms with Gasteiger partial charge in [-0.15, -0.1) is 0 Å². The fourth-order valence-corrected chi connectivity index (χ4v) is 4.32. The predicted octanol–water partition coefficient (Wildman–Crippen LogP) is 1.55. The number of thiophene rings is 1. The first kappa shape index (κ1) is 16.3. The number of carbonyl (C=O) groups is 2. The second kappa shape index (κ2) is 6.98. The van der Waals surface area contributed by atoms with Crippen LogP contribution in [0.1, 0.15) is 17.5 Å². The lowest BCUT2D eigenvalue weighted by Crippen LogP contribution is -2.61. The van der Waals surface area contributed by atoms with Gasteiger partial charge in [0.25, 0.3) is 0 Å². The molecule has 2 N–H and O–H groups in total. The highest BCUT2D eigenvalue weighted by Crippen LogP contribution is 2.24. The van der Waals surface area contributed by atoms with Gasteiger partial charge in [0.05, 0.1) is 0 Å². The largest absolute Gasteiger partial charge is 0.342 e. The van der Waals surface area contributed by atoms with E-state index in [1.807, 2.05) is 30.3 Å². The van der Waals surface area contributed by atoms with Crippen LogP contribution in [0.4, 0.5) is 0 Å². The van der Waals surface area contributed by atoms with Crippen molar-refractivity contribution in [2.75, 3.05) is 6.54 Å². The fraction of sp³-hybridized carbons (Fsp3) is 0.368. The van der Waals surface area contributed by atoms with Gasteiger partial charge in [0, 0.05) is 25.6 Å². The van der Waals surface area contributed by atoms with E-state index in [1.165, 1.54) is 5.56 Å². The summed E-state index contributed by atoms with van der Waals surface area (Å²) in [7, 11) is 0. The molecule has 1 aromatic heterocycles. The van der Waals surface area contributed by atoms with E-state index >= 15 is 0 Å². The van der Waals surface area contributed by atoms with Gasteiger partial charge in [-0.3, -0.25) is 9.59 Å². The SMILES string of the molecule is O=C1N[C@H](Cc2ccccc2)C(=O)N2C[C@@H](NCc3ccsc3)C[C@@H]12. The summed E-state index contributed by atoms with van der Waals surface area (Å²) in [5.41, 5.74) is 2.30. The lowest BCUT2D eigenvalue weighted by molar-refractivity contribution is -0.147. The van der Waals surface area contributed by atoms with Crippen LogP contribution >= 0.6 is 11.3 Å². The van der Waals surface area contributed by atoms with Crippen LogP contribution in [-0.2, 0) is 22.6 Å². The minimum absolute atomic E-state index is 0.0274. The van der Waals surface area contributed by atoms with Gasteiger partial charge in [-0.2, -0.15) is 11.3 Å². The Morgan fingerprint density at radius 2 is 2.00 bits per heavy atom. The first-order valence-electron chi connectivity index (χ1n) is 8.60. The van der Waals surface area contributed by atoms with Gasteiger partial charge in [0.15, 0.2) is 0 Å². The highest BCUT2D eigenvalue weighted by molar-refractivity contribution is 7.07. The van der Waals surface area contributed by atoms with E-state index in [2.05, 4.69) is 27.5 Å². The molecule has 0 saturated carbocycles. The summed E-state index contributed by atoms with van der Waals surface area (Å²) in [4.78, 5) is 27.1. The molecule has 0 aliphatic carbocycles. The van der Waals surface area contributed by atoms with E-state index in [-0.39, 0.29) is 23.9 Å². The number of amides is 2. The molecular weight excluding hydrogens is 334 g/mol. The van der Waals surface area contributed by atoms with E-state index in [1.54, 1.807) is 16.2 Å². The van der Waals surface area contributed by atoms with Crippen molar-refractivity contribution < 1.29 is 9.59 Å². The quantitative estimate of drug-likeness (QED) is 0.855. The van der Waals surface area contributed by atoms with Gasteiger partial charge in [-0.25, -0.2) is 0 Å². The fourth-order valence-electron chi connectivity index (χ4n) is 3.65. The number of fused-ring (bicyclic) bond motifs is 1. The Hall–Kier alpha value is -2.18. The number of piperazine rings is 1. The zero-order valence-electron chi connectivity index (χ0n) is 13.9. The maximum absolute atomic E-state index is 12.8. The maximum atomic E-state index is 12.8. The van der Waals surface area contributed by atoms with Crippen molar-refractivity contribution >= 4 is 23.2 Å². The van der Waals surface area contributed by atoms with E-state index in [0.717, 1.165) is 12.1 Å². The average molecular weight is 355 g/mol. The second-order valence-corrected chi connectivity index (χ2v) is 7.48. The van der Waals surface area contributed by atoms with E-state index in [0.29, 0.717) is 19.4 Å². The van der Waals surface area contributed by atoms with Crippen molar-refractivity contribution in [1.82, 2.24) is 15.5 Å². The van der Waals surface area contributed by atoms with Crippen LogP contribution in [0.3, 0.4) is 0 Å². The van der Waals surface area contributed by atoms with Crippen molar-refractivity contribution in [3.8, 4) is 0 Å². The molecule has 3 heterocycles. The van der Waals surface area contributed by atoms with Crippen molar-refractivity contribution in [1.29, 1.82) is 0 Å². The summed E-state index contributed by atoms with van der Waals surface area (Å²) in [6, 6.07) is 11.3. The molecule has 2 aromatic rings. The van der Waals surface area contributed by atoms with Crippen molar-refractivity contribution in [2.45, 2.75) is 37.5 Å². The number of rotatable bonds is 5. The third kappa shape index (κ3) is 3.45. The van der Waals surface area contributed by atoms with Crippen LogP contribution in [0.2, 0.25) is 0 Å². The van der Waals surface area contributed by atoms with E-state index < -0.39 is 6.04 Å². The number of hydrogen-bond donors (Lipinski definition) is 2. The first-order valence-corrected chi connectivity index (χ1v) is 9.54. The number of carbonyl (C=O) groups excluding carboxylic acids is 2. The van der Waals surface area contributed by atoms with Gasteiger partial charge >= 0.3 is 0 Å². The van der Waals surface area contributed by atoms with Crippen LogP contribution < -0.4 is 10.6 Å². The third-order valence-electron chi connectivity index (χ3n) is 4.96. The Kier molecular flexibility index (Phi) is 4.55. The zero-order chi connectivity index (χ0) is 17.2.